The Balaban J connectivity index is 1.63. The molecule has 3 rings (SSSR count). The Morgan fingerprint density at radius 3 is 2.23 bits per heavy atom. The van der Waals surface area contributed by atoms with Gasteiger partial charge in [0.1, 0.15) is 5.78 Å². The highest BCUT2D eigenvalue weighted by Crippen LogP contribution is 2.40. The van der Waals surface area contributed by atoms with Gasteiger partial charge in [0.05, 0.1) is 0 Å². The molecule has 0 radical (unpaired) electrons. The molecule has 2 atom stereocenters. The number of ketones is 1. The third-order valence-corrected chi connectivity index (χ3v) is 5.07. The fourth-order valence-electron chi connectivity index (χ4n) is 3.78. The van der Waals surface area contributed by atoms with Crippen LogP contribution in [-0.4, -0.2) is 25.8 Å². The SMILES string of the molecule is CN(C)c1ccc(NC(=O)C2C[C@@H]3CCC[C@@H](C2)C3=O)cc1. The van der Waals surface area contributed by atoms with Gasteiger partial charge in [-0.1, -0.05) is 6.42 Å². The number of fused-ring (bicyclic) bond motifs is 2. The maximum atomic E-state index is 12.5. The Labute approximate surface area is 131 Å². The molecule has 2 aliphatic carbocycles. The average molecular weight is 300 g/mol. The predicted molar refractivity (Wildman–Crippen MR) is 88.0 cm³/mol. The van der Waals surface area contributed by atoms with E-state index in [9.17, 15) is 9.59 Å². The summed E-state index contributed by atoms with van der Waals surface area (Å²) in [7, 11) is 3.98. The molecule has 1 N–H and O–H groups in total. The topological polar surface area (TPSA) is 49.4 Å². The van der Waals surface area contributed by atoms with Gasteiger partial charge >= 0.3 is 0 Å². The molecule has 0 heterocycles. The van der Waals surface area contributed by atoms with Gasteiger partial charge in [0, 0.05) is 43.2 Å². The van der Waals surface area contributed by atoms with Crippen molar-refractivity contribution >= 4 is 23.1 Å². The number of carbonyl (C=O) groups is 2. The Kier molecular flexibility index (Phi) is 4.19. The minimum Gasteiger partial charge on any atom is -0.378 e. The fourth-order valence-corrected chi connectivity index (χ4v) is 3.78. The van der Waals surface area contributed by atoms with Gasteiger partial charge in [-0.25, -0.2) is 0 Å². The molecule has 1 aromatic carbocycles. The van der Waals surface area contributed by atoms with Crippen molar-refractivity contribution in [2.45, 2.75) is 32.1 Å². The minimum absolute atomic E-state index is 0.0125. The van der Waals surface area contributed by atoms with Gasteiger partial charge in [0.25, 0.3) is 0 Å². The first-order valence-electron chi connectivity index (χ1n) is 8.16. The number of rotatable bonds is 3. The van der Waals surface area contributed by atoms with Crippen molar-refractivity contribution in [1.82, 2.24) is 0 Å². The molecule has 118 valence electrons. The van der Waals surface area contributed by atoms with Gasteiger partial charge in [-0.2, -0.15) is 0 Å². The minimum atomic E-state index is -0.0125. The third-order valence-electron chi connectivity index (χ3n) is 5.07. The largest absolute Gasteiger partial charge is 0.378 e. The zero-order valence-corrected chi connectivity index (χ0v) is 13.3. The first kappa shape index (κ1) is 15.1. The highest BCUT2D eigenvalue weighted by Gasteiger charge is 2.41. The molecular formula is C18H24N2O2. The van der Waals surface area contributed by atoms with E-state index in [1.165, 1.54) is 0 Å². The van der Waals surface area contributed by atoms with E-state index >= 15 is 0 Å². The molecule has 4 heteroatoms. The smallest absolute Gasteiger partial charge is 0.227 e. The predicted octanol–water partition coefficient (Wildman–Crippen LogP) is 3.09. The molecule has 0 spiro atoms. The molecule has 2 saturated carbocycles. The second-order valence-corrected chi connectivity index (χ2v) is 6.83. The van der Waals surface area contributed by atoms with Crippen molar-refractivity contribution < 1.29 is 9.59 Å². The summed E-state index contributed by atoms with van der Waals surface area (Å²) in [6, 6.07) is 7.85. The van der Waals surface area contributed by atoms with Crippen molar-refractivity contribution in [3.05, 3.63) is 24.3 Å². The van der Waals surface area contributed by atoms with Crippen LogP contribution < -0.4 is 10.2 Å². The van der Waals surface area contributed by atoms with Crippen molar-refractivity contribution in [3.63, 3.8) is 0 Å². The Morgan fingerprint density at radius 1 is 1.09 bits per heavy atom. The first-order valence-corrected chi connectivity index (χ1v) is 8.16. The van der Waals surface area contributed by atoms with Gasteiger partial charge in [0.15, 0.2) is 0 Å². The number of benzene rings is 1. The second-order valence-electron chi connectivity index (χ2n) is 6.83. The van der Waals surface area contributed by atoms with Crippen LogP contribution in [0.4, 0.5) is 11.4 Å². The second kappa shape index (κ2) is 6.11. The van der Waals surface area contributed by atoms with E-state index in [0.717, 1.165) is 43.5 Å². The van der Waals surface area contributed by atoms with Crippen LogP contribution in [0.3, 0.4) is 0 Å². The summed E-state index contributed by atoms with van der Waals surface area (Å²) in [5.41, 5.74) is 1.94. The lowest BCUT2D eigenvalue weighted by molar-refractivity contribution is -0.136. The van der Waals surface area contributed by atoms with Gasteiger partial charge in [0.2, 0.25) is 5.91 Å². The van der Waals surface area contributed by atoms with Gasteiger partial charge < -0.3 is 10.2 Å². The molecule has 2 fully saturated rings. The molecule has 0 saturated heterocycles. The van der Waals surface area contributed by atoms with E-state index in [0.29, 0.717) is 5.78 Å². The quantitative estimate of drug-likeness (QED) is 0.933. The molecule has 1 amide bonds. The van der Waals surface area contributed by atoms with Crippen molar-refractivity contribution in [2.24, 2.45) is 17.8 Å². The van der Waals surface area contributed by atoms with E-state index < -0.39 is 0 Å². The summed E-state index contributed by atoms with van der Waals surface area (Å²) < 4.78 is 0. The first-order chi connectivity index (χ1) is 10.5. The van der Waals surface area contributed by atoms with Gasteiger partial charge in [-0.15, -0.1) is 0 Å². The van der Waals surface area contributed by atoms with Crippen LogP contribution in [0.15, 0.2) is 24.3 Å². The van der Waals surface area contributed by atoms with Crippen LogP contribution in [-0.2, 0) is 9.59 Å². The van der Waals surface area contributed by atoms with Gasteiger partial charge in [-0.05, 0) is 49.9 Å². The highest BCUT2D eigenvalue weighted by molar-refractivity contribution is 5.95. The summed E-state index contributed by atoms with van der Waals surface area (Å²) >= 11 is 0. The number of Topliss-reactive ketones (excluding diaryl/α,β-unsaturated/α-hetero) is 1. The van der Waals surface area contributed by atoms with Crippen LogP contribution >= 0.6 is 0 Å². The number of carbonyl (C=O) groups excluding carboxylic acids is 2. The Morgan fingerprint density at radius 2 is 1.68 bits per heavy atom. The van der Waals surface area contributed by atoms with Crippen LogP contribution in [0, 0.1) is 17.8 Å². The standard InChI is InChI=1S/C18H24N2O2/c1-20(2)16-8-6-15(7-9-16)19-18(22)14-10-12-4-3-5-13(11-14)17(12)21/h6-9,12-14H,3-5,10-11H2,1-2H3,(H,19,22)/t12-,13-/m0/s1. The molecule has 2 bridgehead atoms. The molecular weight excluding hydrogens is 276 g/mol. The molecule has 0 aromatic heterocycles. The average Bonchev–Trinajstić information content (AvgIpc) is 2.47. The number of amides is 1. The number of hydrogen-bond donors (Lipinski definition) is 1. The van der Waals surface area contributed by atoms with E-state index in [2.05, 4.69) is 5.32 Å². The maximum Gasteiger partial charge on any atom is 0.227 e. The number of nitrogens with zero attached hydrogens (tertiary/aromatic N) is 1. The normalized spacial score (nSPS) is 27.4. The lowest BCUT2D eigenvalue weighted by atomic mass is 9.67. The van der Waals surface area contributed by atoms with E-state index in [4.69, 9.17) is 0 Å². The Bertz CT molecular complexity index is 549. The van der Waals surface area contributed by atoms with Crippen LogP contribution in [0.25, 0.3) is 0 Å². The van der Waals surface area contributed by atoms with Crippen molar-refractivity contribution in [3.8, 4) is 0 Å². The zero-order valence-electron chi connectivity index (χ0n) is 13.3. The van der Waals surface area contributed by atoms with Crippen molar-refractivity contribution in [1.29, 1.82) is 0 Å². The summed E-state index contributed by atoms with van der Waals surface area (Å²) in [5.74, 6) is 0.716. The molecule has 1 aromatic rings. The molecule has 0 aliphatic heterocycles. The summed E-state index contributed by atoms with van der Waals surface area (Å²) in [6.45, 7) is 0. The Hall–Kier alpha value is -1.84. The highest BCUT2D eigenvalue weighted by atomic mass is 16.2. The number of nitrogens with one attached hydrogen (secondary N) is 1. The van der Waals surface area contributed by atoms with Gasteiger partial charge in [-0.3, -0.25) is 9.59 Å². The molecule has 22 heavy (non-hydrogen) atoms. The van der Waals surface area contributed by atoms with Crippen LogP contribution in [0.1, 0.15) is 32.1 Å². The van der Waals surface area contributed by atoms with Crippen LogP contribution in [0.5, 0.6) is 0 Å². The summed E-state index contributed by atoms with van der Waals surface area (Å²) in [5, 5.41) is 3.01. The van der Waals surface area contributed by atoms with Crippen molar-refractivity contribution in [2.75, 3.05) is 24.3 Å². The van der Waals surface area contributed by atoms with E-state index in [-0.39, 0.29) is 23.7 Å². The maximum absolute atomic E-state index is 12.5. The monoisotopic (exact) mass is 300 g/mol. The van der Waals surface area contributed by atoms with E-state index in [1.54, 1.807) is 0 Å². The molecule has 4 nitrogen and oxygen atoms in total. The molecule has 2 aliphatic rings. The summed E-state index contributed by atoms with van der Waals surface area (Å²) in [6.07, 6.45) is 4.54. The van der Waals surface area contributed by atoms with Crippen LogP contribution in [0.2, 0.25) is 0 Å². The summed E-state index contributed by atoms with van der Waals surface area (Å²) in [4.78, 5) is 26.6. The lowest BCUT2D eigenvalue weighted by Crippen LogP contribution is -2.40. The fraction of sp³-hybridized carbons (Fsp3) is 0.556. The van der Waals surface area contributed by atoms with E-state index in [1.807, 2.05) is 43.3 Å². The number of hydrogen-bond acceptors (Lipinski definition) is 3. The number of anilines is 2. The lowest BCUT2D eigenvalue weighted by Gasteiger charge is -2.36. The zero-order chi connectivity index (χ0) is 15.7. The molecule has 0 unspecified atom stereocenters. The third kappa shape index (κ3) is 3.01.